The lowest BCUT2D eigenvalue weighted by atomic mass is 9.50. The first kappa shape index (κ1) is 14.6. The molecule has 3 heteroatoms. The molecule has 8 saturated carbocycles. The molecule has 8 fully saturated rings. The van der Waals surface area contributed by atoms with Crippen LogP contribution in [-0.4, -0.2) is 10.2 Å². The maximum absolute atomic E-state index is 4.93. The van der Waals surface area contributed by atoms with Crippen LogP contribution in [0.4, 0.5) is 0 Å². The molecule has 8 bridgehead atoms. The highest BCUT2D eigenvalue weighted by atomic mass is 32.1. The normalized spacial score (nSPS) is 55.2. The molecule has 0 aliphatic heterocycles. The van der Waals surface area contributed by atoms with Gasteiger partial charge in [-0.05, 0) is 113 Å². The van der Waals surface area contributed by atoms with Gasteiger partial charge in [0, 0.05) is 10.8 Å². The predicted octanol–water partition coefficient (Wildman–Crippen LogP) is 5.47. The Morgan fingerprint density at radius 2 is 0.800 bits per heavy atom. The van der Waals surface area contributed by atoms with E-state index in [9.17, 15) is 0 Å². The molecular formula is C22H30N2S. The third-order valence-corrected chi connectivity index (χ3v) is 10.8. The second-order valence-electron chi connectivity index (χ2n) is 11.3. The van der Waals surface area contributed by atoms with Crippen molar-refractivity contribution >= 4 is 11.3 Å². The molecule has 8 aliphatic carbocycles. The van der Waals surface area contributed by atoms with Gasteiger partial charge in [-0.3, -0.25) is 0 Å². The maximum atomic E-state index is 4.93. The quantitative estimate of drug-likeness (QED) is 0.703. The van der Waals surface area contributed by atoms with E-state index in [1.165, 1.54) is 87.1 Å². The van der Waals surface area contributed by atoms with Gasteiger partial charge in [-0.15, -0.1) is 21.5 Å². The van der Waals surface area contributed by atoms with Crippen molar-refractivity contribution in [3.8, 4) is 0 Å². The Morgan fingerprint density at radius 3 is 1.08 bits per heavy atom. The third-order valence-electron chi connectivity index (χ3n) is 9.41. The van der Waals surface area contributed by atoms with Gasteiger partial charge in [-0.25, -0.2) is 0 Å². The highest BCUT2D eigenvalue weighted by Crippen LogP contribution is 2.64. The standard InChI is InChI=1S/C22H30N2S/c1-13-2-15-3-14(1)8-21(7-13,9-15)19-23-24-20(25-19)22-10-16-4-17(11-22)6-18(5-16)12-22/h13-18H,1-12H2. The average Bonchev–Trinajstić information content (AvgIpc) is 3.04. The summed E-state index contributed by atoms with van der Waals surface area (Å²) in [6.07, 6.45) is 17.8. The van der Waals surface area contributed by atoms with Crippen molar-refractivity contribution in [2.75, 3.05) is 0 Å². The van der Waals surface area contributed by atoms with Crippen molar-refractivity contribution < 1.29 is 0 Å². The minimum Gasteiger partial charge on any atom is -0.143 e. The third kappa shape index (κ3) is 1.97. The van der Waals surface area contributed by atoms with E-state index >= 15 is 0 Å². The van der Waals surface area contributed by atoms with Gasteiger partial charge < -0.3 is 0 Å². The number of rotatable bonds is 2. The molecule has 0 amide bonds. The molecule has 0 N–H and O–H groups in total. The Labute approximate surface area is 155 Å². The molecular weight excluding hydrogens is 324 g/mol. The first-order valence-corrected chi connectivity index (χ1v) is 11.8. The van der Waals surface area contributed by atoms with E-state index in [2.05, 4.69) is 11.3 Å². The molecule has 2 nitrogen and oxygen atoms in total. The Hall–Kier alpha value is -0.440. The van der Waals surface area contributed by atoms with E-state index in [4.69, 9.17) is 10.2 Å². The van der Waals surface area contributed by atoms with Gasteiger partial charge >= 0.3 is 0 Å². The van der Waals surface area contributed by atoms with Crippen LogP contribution < -0.4 is 0 Å². The van der Waals surface area contributed by atoms with Gasteiger partial charge in [-0.2, -0.15) is 0 Å². The summed E-state index contributed by atoms with van der Waals surface area (Å²) in [5.41, 5.74) is 0.903. The lowest BCUT2D eigenvalue weighted by Crippen LogP contribution is -2.48. The van der Waals surface area contributed by atoms with Crippen LogP contribution in [0.25, 0.3) is 0 Å². The molecule has 0 spiro atoms. The lowest BCUT2D eigenvalue weighted by molar-refractivity contribution is -0.00615. The molecule has 0 radical (unpaired) electrons. The summed E-state index contributed by atoms with van der Waals surface area (Å²) in [7, 11) is 0. The zero-order chi connectivity index (χ0) is 16.2. The number of nitrogens with zero attached hydrogens (tertiary/aromatic N) is 2. The smallest absolute Gasteiger partial charge is 0.123 e. The largest absolute Gasteiger partial charge is 0.143 e. The van der Waals surface area contributed by atoms with Crippen molar-refractivity contribution in [3.63, 3.8) is 0 Å². The van der Waals surface area contributed by atoms with Gasteiger partial charge in [0.25, 0.3) is 0 Å². The van der Waals surface area contributed by atoms with Crippen LogP contribution in [0.2, 0.25) is 0 Å². The number of hydrogen-bond donors (Lipinski definition) is 0. The molecule has 1 heterocycles. The predicted molar refractivity (Wildman–Crippen MR) is 99.6 cm³/mol. The van der Waals surface area contributed by atoms with Crippen LogP contribution in [0.3, 0.4) is 0 Å². The molecule has 1 aromatic heterocycles. The van der Waals surface area contributed by atoms with E-state index in [0.717, 1.165) is 35.5 Å². The molecule has 0 atom stereocenters. The van der Waals surface area contributed by atoms with Crippen molar-refractivity contribution in [1.82, 2.24) is 10.2 Å². The monoisotopic (exact) mass is 354 g/mol. The van der Waals surface area contributed by atoms with Gasteiger partial charge in [0.05, 0.1) is 0 Å². The van der Waals surface area contributed by atoms with Crippen molar-refractivity contribution in [2.24, 2.45) is 35.5 Å². The molecule has 25 heavy (non-hydrogen) atoms. The zero-order valence-corrected chi connectivity index (χ0v) is 16.1. The SMILES string of the molecule is C1C2CC3CC1CC(c1nnc(C45CC6CC(CC(C6)C4)C5)s1)(C2)C3. The summed E-state index contributed by atoms with van der Waals surface area (Å²) in [4.78, 5) is 0. The van der Waals surface area contributed by atoms with Gasteiger partial charge in [0.2, 0.25) is 0 Å². The highest BCUT2D eigenvalue weighted by molar-refractivity contribution is 7.11. The second kappa shape index (κ2) is 4.69. The van der Waals surface area contributed by atoms with E-state index in [-0.39, 0.29) is 0 Å². The van der Waals surface area contributed by atoms with Crippen LogP contribution in [0, 0.1) is 35.5 Å². The minimum absolute atomic E-state index is 0.451. The summed E-state index contributed by atoms with van der Waals surface area (Å²) >= 11 is 2.09. The fourth-order valence-electron chi connectivity index (χ4n) is 9.40. The van der Waals surface area contributed by atoms with Crippen LogP contribution in [-0.2, 0) is 10.8 Å². The van der Waals surface area contributed by atoms with Gasteiger partial charge in [0.15, 0.2) is 0 Å². The fraction of sp³-hybridized carbons (Fsp3) is 0.909. The Kier molecular flexibility index (Phi) is 2.74. The number of aromatic nitrogens is 2. The zero-order valence-electron chi connectivity index (χ0n) is 15.3. The molecule has 0 aromatic carbocycles. The van der Waals surface area contributed by atoms with Crippen molar-refractivity contribution in [3.05, 3.63) is 10.0 Å². The van der Waals surface area contributed by atoms with Gasteiger partial charge in [0.1, 0.15) is 10.0 Å². The van der Waals surface area contributed by atoms with E-state index < -0.39 is 0 Å². The second-order valence-corrected chi connectivity index (χ2v) is 12.3. The summed E-state index contributed by atoms with van der Waals surface area (Å²) in [5, 5.41) is 12.8. The summed E-state index contributed by atoms with van der Waals surface area (Å²) < 4.78 is 0. The van der Waals surface area contributed by atoms with Crippen LogP contribution in [0.1, 0.15) is 87.1 Å². The Balaban J connectivity index is 1.25. The Bertz CT molecular complexity index is 590. The van der Waals surface area contributed by atoms with Crippen LogP contribution in [0.15, 0.2) is 0 Å². The molecule has 1 aromatic rings. The average molecular weight is 355 g/mol. The molecule has 0 saturated heterocycles. The number of hydrogen-bond acceptors (Lipinski definition) is 3. The molecule has 9 rings (SSSR count). The fourth-order valence-corrected chi connectivity index (χ4v) is 10.7. The van der Waals surface area contributed by atoms with E-state index in [1.807, 2.05) is 0 Å². The summed E-state index contributed by atoms with van der Waals surface area (Å²) in [6.45, 7) is 0. The van der Waals surface area contributed by atoms with E-state index in [1.54, 1.807) is 0 Å². The Morgan fingerprint density at radius 1 is 0.520 bits per heavy atom. The molecule has 134 valence electrons. The first-order chi connectivity index (χ1) is 12.2. The van der Waals surface area contributed by atoms with Gasteiger partial charge in [-0.1, -0.05) is 0 Å². The molecule has 0 unspecified atom stereocenters. The minimum atomic E-state index is 0.451. The highest BCUT2D eigenvalue weighted by Gasteiger charge is 2.56. The van der Waals surface area contributed by atoms with E-state index in [0.29, 0.717) is 10.8 Å². The maximum Gasteiger partial charge on any atom is 0.123 e. The topological polar surface area (TPSA) is 25.8 Å². The van der Waals surface area contributed by atoms with Crippen molar-refractivity contribution in [2.45, 2.75) is 87.9 Å². The van der Waals surface area contributed by atoms with Crippen molar-refractivity contribution in [1.29, 1.82) is 0 Å². The first-order valence-electron chi connectivity index (χ1n) is 11.0. The summed E-state index contributed by atoms with van der Waals surface area (Å²) in [5.74, 6) is 6.07. The summed E-state index contributed by atoms with van der Waals surface area (Å²) in [6, 6.07) is 0. The van der Waals surface area contributed by atoms with Crippen LogP contribution >= 0.6 is 11.3 Å². The molecule has 8 aliphatic rings. The van der Waals surface area contributed by atoms with Crippen LogP contribution in [0.5, 0.6) is 0 Å². The lowest BCUT2D eigenvalue weighted by Gasteiger charge is -2.56.